The van der Waals surface area contributed by atoms with Crippen LogP contribution in [0.25, 0.3) is 11.1 Å². The molecule has 0 aliphatic heterocycles. The van der Waals surface area contributed by atoms with E-state index in [2.05, 4.69) is 4.98 Å². The normalized spacial score (nSPS) is 24.7. The Morgan fingerprint density at radius 2 is 1.67 bits per heavy atom. The van der Waals surface area contributed by atoms with E-state index in [1.807, 2.05) is 0 Å². The van der Waals surface area contributed by atoms with Crippen LogP contribution in [0.2, 0.25) is 0 Å². The molecule has 0 saturated heterocycles. The first kappa shape index (κ1) is 15.3. The van der Waals surface area contributed by atoms with Gasteiger partial charge >= 0.3 is 6.18 Å². The molecule has 0 spiro atoms. The van der Waals surface area contributed by atoms with Crippen molar-refractivity contribution in [2.45, 2.75) is 70.0 Å². The maximum Gasteiger partial charge on any atom is 0.416 e. The summed E-state index contributed by atoms with van der Waals surface area (Å²) in [6.07, 6.45) is -16.7. The molecule has 0 fully saturated rings. The molecule has 0 unspecified atom stereocenters. The highest BCUT2D eigenvalue weighted by Crippen LogP contribution is 2.34. The van der Waals surface area contributed by atoms with Crippen LogP contribution in [0.4, 0.5) is 17.6 Å². The molecule has 48 heavy (non-hydrogen) atoms. The van der Waals surface area contributed by atoms with Gasteiger partial charge in [0.2, 0.25) is 5.91 Å². The van der Waals surface area contributed by atoms with Crippen LogP contribution in [-0.4, -0.2) is 51.3 Å². The van der Waals surface area contributed by atoms with Crippen molar-refractivity contribution in [3.05, 3.63) is 116 Å². The molecule has 0 radical (unpaired) electrons. The molecule has 1 aliphatic carbocycles. The Morgan fingerprint density at radius 1 is 1.00 bits per heavy atom. The van der Waals surface area contributed by atoms with Gasteiger partial charge in [0.05, 0.1) is 26.1 Å². The van der Waals surface area contributed by atoms with E-state index in [0.29, 0.717) is 4.90 Å². The topological polar surface area (TPSA) is 58.4 Å². The Balaban J connectivity index is 1.88. The lowest BCUT2D eigenvalue weighted by molar-refractivity contribution is -0.138. The lowest BCUT2D eigenvalue weighted by atomic mass is 9.98. The second kappa shape index (κ2) is 15.5. The van der Waals surface area contributed by atoms with Crippen molar-refractivity contribution < 1.29 is 56.6 Å². The molecule has 1 aliphatic rings. The highest BCUT2D eigenvalue weighted by Gasteiger charge is 2.32. The Bertz CT molecular complexity index is 2930. The third-order valence-electron chi connectivity index (χ3n) is 6.37. The minimum atomic E-state index is -5.30. The predicted molar refractivity (Wildman–Crippen MR) is 181 cm³/mol. The Morgan fingerprint density at radius 3 is 2.33 bits per heavy atom. The summed E-state index contributed by atoms with van der Waals surface area (Å²) >= 11 is 0.0158. The van der Waals surface area contributed by atoms with Gasteiger partial charge in [-0.3, -0.25) is 9.59 Å². The summed E-state index contributed by atoms with van der Waals surface area (Å²) in [6.45, 7) is -14.0. The average Bonchev–Trinajstić information content (AvgIpc) is 3.34. The summed E-state index contributed by atoms with van der Waals surface area (Å²) in [7, 11) is 0. The highest BCUT2D eigenvalue weighted by atomic mass is 32.2. The Kier molecular flexibility index (Phi) is 4.94. The summed E-state index contributed by atoms with van der Waals surface area (Å²) in [6, 6.07) is -14.5. The van der Waals surface area contributed by atoms with Crippen LogP contribution in [0, 0.1) is 12.7 Å². The molecular weight excluding hydrogens is 640 g/mol. The summed E-state index contributed by atoms with van der Waals surface area (Å²) in [5.41, 5.74) is -12.0. The minimum Gasteiger partial charge on any atom is -0.336 e. The average molecular weight is 706 g/mol. The molecule has 0 atom stereocenters. The number of thioether (sulfide) groups is 1. The quantitative estimate of drug-likeness (QED) is 0.0819. The largest absolute Gasteiger partial charge is 0.416 e. The number of rotatable bonds is 13. The van der Waals surface area contributed by atoms with Gasteiger partial charge < -0.3 is 14.4 Å². The number of fused-ring (bicyclic) bond motifs is 1. The number of likely N-dealkylation sites (N-methyl/N-ethyl adjacent to an activating group) is 1. The first-order chi connectivity index (χ1) is 32.7. The highest BCUT2D eigenvalue weighted by molar-refractivity contribution is 7.98. The summed E-state index contributed by atoms with van der Waals surface area (Å²) < 4.78 is 271. The fraction of sp³-hybridized carbons (Fsp3) is 0.378. The van der Waals surface area contributed by atoms with Gasteiger partial charge in [-0.05, 0) is 85.0 Å². The molecule has 5 rings (SSSR count). The number of halogens is 4. The van der Waals surface area contributed by atoms with Crippen molar-refractivity contribution in [2.24, 2.45) is 0 Å². The Hall–Kier alpha value is -3.96. The van der Waals surface area contributed by atoms with Crippen molar-refractivity contribution in [3.8, 4) is 11.1 Å². The number of hydrogen-bond acceptors (Lipinski definition) is 5. The van der Waals surface area contributed by atoms with Crippen LogP contribution in [0.1, 0.15) is 88.0 Å². The van der Waals surface area contributed by atoms with Gasteiger partial charge in [-0.2, -0.15) is 18.2 Å². The van der Waals surface area contributed by atoms with Crippen molar-refractivity contribution in [1.29, 1.82) is 0 Å². The molecule has 0 saturated carbocycles. The minimum absolute atomic E-state index is 0.0158. The van der Waals surface area contributed by atoms with Crippen molar-refractivity contribution in [1.82, 2.24) is 19.4 Å². The molecule has 1 amide bonds. The van der Waals surface area contributed by atoms with Gasteiger partial charge in [-0.1, -0.05) is 73.9 Å². The van der Waals surface area contributed by atoms with Crippen LogP contribution in [-0.2, 0) is 42.5 Å². The lowest BCUT2D eigenvalue weighted by Crippen LogP contribution is -2.40. The Labute approximate surface area is 317 Å². The smallest absolute Gasteiger partial charge is 0.336 e. The first-order valence-electron chi connectivity index (χ1n) is 26.2. The fourth-order valence-electron chi connectivity index (χ4n) is 4.05. The van der Waals surface area contributed by atoms with Gasteiger partial charge in [0.1, 0.15) is 12.3 Å². The molecule has 4 aromatic rings. The van der Waals surface area contributed by atoms with Crippen LogP contribution in [0.5, 0.6) is 0 Å². The number of amides is 1. The van der Waals surface area contributed by atoms with Gasteiger partial charge in [0.25, 0.3) is 5.56 Å². The summed E-state index contributed by atoms with van der Waals surface area (Å²) in [4.78, 5) is 32.7. The van der Waals surface area contributed by atoms with Gasteiger partial charge in [-0.15, -0.1) is 0 Å². The van der Waals surface area contributed by atoms with E-state index in [-0.39, 0.29) is 21.2 Å². The predicted octanol–water partition coefficient (Wildman–Crippen LogP) is 7.53. The van der Waals surface area contributed by atoms with Gasteiger partial charge in [-0.25, -0.2) is 4.39 Å². The second-order valence-corrected chi connectivity index (χ2v) is 10.4. The number of carbonyl (C=O) groups is 1. The summed E-state index contributed by atoms with van der Waals surface area (Å²) in [5, 5.41) is -1.23. The molecule has 6 nitrogen and oxygen atoms in total. The van der Waals surface area contributed by atoms with E-state index in [1.54, 1.807) is 0 Å². The number of alkyl halides is 3. The third-order valence-corrected chi connectivity index (χ3v) is 7.33. The molecule has 0 bridgehead atoms. The molecular formula is C37H40F4N4O2S. The SMILES string of the molecule is [2H]c1c([2H])c(CSc2nc(=O)c3c(n2C([2H])([2H])C(=O)N(CCN(C([2H])([2H])C)C([2H])([2H])C)C([2H])([2H])c2c([2H])c([2H])c(-c4c([2H])c([2H])c(C(F)(F)F)c(C)c4[2H])c([2H])c2[2H])C([2H])([2H])C([2H])([2H])C3([2H])[2H])c([2H])c([2H])c1F. The third kappa shape index (κ3) is 8.54. The van der Waals surface area contributed by atoms with Crippen LogP contribution >= 0.6 is 11.8 Å². The van der Waals surface area contributed by atoms with Crippen molar-refractivity contribution >= 4 is 17.7 Å². The molecule has 0 N–H and O–H groups in total. The number of benzene rings is 3. The molecule has 11 heteroatoms. The van der Waals surface area contributed by atoms with E-state index in [1.165, 1.54) is 0 Å². The van der Waals surface area contributed by atoms with Crippen LogP contribution in [0.3, 0.4) is 0 Å². The molecule has 1 heterocycles. The zero-order valence-electron chi connectivity index (χ0n) is 50.1. The van der Waals surface area contributed by atoms with Crippen LogP contribution in [0.15, 0.2) is 76.4 Å². The maximum atomic E-state index is 15.3. The van der Waals surface area contributed by atoms with Crippen molar-refractivity contribution in [2.75, 3.05) is 26.1 Å². The number of aromatic nitrogens is 2. The molecule has 1 aromatic heterocycles. The standard InChI is InChI=1S/C37H40F4N4O2S/c1-4-43(5-2)19-20-44(22-26-9-13-28(14-10-26)29-15-18-32(25(3)21-29)37(39,40)41)34(46)23-45-33-8-6-7-31(33)35(47)42-36(45)48-24-27-11-16-30(38)17-12-27/h9-18,21H,4-8,19-20,22-24H2,1-3H3/i4D2,5D2,6D2,7D2,8D2,9D,10D,11D,12D,13D,14D,15D,16D,17D,18D,21D,22D2,23D2. The van der Waals surface area contributed by atoms with E-state index in [9.17, 15) is 27.8 Å². The zero-order chi connectivity index (χ0) is 56.5. The lowest BCUT2D eigenvalue weighted by Gasteiger charge is -2.28. The second-order valence-electron chi connectivity index (χ2n) is 9.49. The number of hydrogen-bond donors (Lipinski definition) is 0. The van der Waals surface area contributed by atoms with E-state index in [0.717, 1.165) is 20.8 Å². The van der Waals surface area contributed by atoms with Gasteiger partial charge in [0, 0.05) is 50.3 Å². The first-order valence-corrected chi connectivity index (χ1v) is 14.6. The molecule has 254 valence electrons. The van der Waals surface area contributed by atoms with E-state index >= 15 is 4.79 Å². The van der Waals surface area contributed by atoms with Crippen LogP contribution < -0.4 is 5.56 Å². The maximum absolute atomic E-state index is 15.3. The van der Waals surface area contributed by atoms with E-state index < -0.39 is 204 Å². The number of nitrogens with zero attached hydrogens (tertiary/aromatic N) is 4. The van der Waals surface area contributed by atoms with E-state index in [4.69, 9.17) is 28.8 Å². The fourth-order valence-corrected chi connectivity index (χ4v) is 4.89. The zero-order valence-corrected chi connectivity index (χ0v) is 26.0. The van der Waals surface area contributed by atoms with Gasteiger partial charge in [0.15, 0.2) is 5.16 Å². The number of carbonyl (C=O) groups excluding carboxylic acids is 1. The van der Waals surface area contributed by atoms with Crippen molar-refractivity contribution in [3.63, 3.8) is 0 Å². The molecule has 3 aromatic carbocycles. The summed E-state index contributed by atoms with van der Waals surface area (Å²) in [5.74, 6) is -4.93. The monoisotopic (exact) mass is 705 g/mol.